The maximum absolute atomic E-state index is 5.64. The van der Waals surface area contributed by atoms with E-state index in [9.17, 15) is 0 Å². The van der Waals surface area contributed by atoms with Crippen LogP contribution in [-0.4, -0.2) is 45.6 Å². The first kappa shape index (κ1) is 17.9. The first-order valence-electron chi connectivity index (χ1n) is 9.33. The molecule has 0 amide bonds. The molecule has 1 aliphatic carbocycles. The van der Waals surface area contributed by atoms with Crippen molar-refractivity contribution in [2.24, 2.45) is 10.9 Å². The van der Waals surface area contributed by atoms with E-state index in [1.807, 2.05) is 12.1 Å². The van der Waals surface area contributed by atoms with Gasteiger partial charge in [0.15, 0.2) is 17.5 Å². The van der Waals surface area contributed by atoms with Gasteiger partial charge in [-0.2, -0.15) is 0 Å². The van der Waals surface area contributed by atoms with Gasteiger partial charge in [-0.1, -0.05) is 6.07 Å². The van der Waals surface area contributed by atoms with Gasteiger partial charge in [-0.3, -0.25) is 4.99 Å². The minimum Gasteiger partial charge on any atom is -0.454 e. The third-order valence-corrected chi connectivity index (χ3v) is 4.25. The molecule has 0 radical (unpaired) electrons. The molecule has 1 saturated carbocycles. The minimum atomic E-state index is 0.318. The van der Waals surface area contributed by atoms with E-state index in [0.29, 0.717) is 6.79 Å². The van der Waals surface area contributed by atoms with Gasteiger partial charge in [0.25, 0.3) is 0 Å². The van der Waals surface area contributed by atoms with Crippen LogP contribution in [0, 0.1) is 5.92 Å². The number of rotatable bonds is 10. The quantitative estimate of drug-likeness (QED) is 0.386. The summed E-state index contributed by atoms with van der Waals surface area (Å²) in [4.78, 5) is 4.60. The Balaban J connectivity index is 1.34. The Bertz CT molecular complexity index is 573. The van der Waals surface area contributed by atoms with Crippen LogP contribution < -0.4 is 20.1 Å². The van der Waals surface area contributed by atoms with Gasteiger partial charge < -0.3 is 24.8 Å². The number of guanidine groups is 1. The highest BCUT2D eigenvalue weighted by molar-refractivity contribution is 5.79. The van der Waals surface area contributed by atoms with E-state index in [-0.39, 0.29) is 0 Å². The lowest BCUT2D eigenvalue weighted by Gasteiger charge is -2.11. The molecule has 0 spiro atoms. The Morgan fingerprint density at radius 2 is 2.12 bits per heavy atom. The van der Waals surface area contributed by atoms with Gasteiger partial charge in [0.2, 0.25) is 6.79 Å². The summed E-state index contributed by atoms with van der Waals surface area (Å²) >= 11 is 0. The molecule has 2 N–H and O–H groups in total. The topological polar surface area (TPSA) is 64.1 Å². The van der Waals surface area contributed by atoms with Crippen molar-refractivity contribution in [2.75, 3.05) is 39.6 Å². The predicted molar refractivity (Wildman–Crippen MR) is 98.4 cm³/mol. The fourth-order valence-electron chi connectivity index (χ4n) is 2.66. The Kier molecular flexibility index (Phi) is 6.79. The van der Waals surface area contributed by atoms with Gasteiger partial charge in [0.1, 0.15) is 0 Å². The third kappa shape index (κ3) is 6.12. The molecule has 3 rings (SSSR count). The molecule has 6 nitrogen and oxygen atoms in total. The van der Waals surface area contributed by atoms with E-state index < -0.39 is 0 Å². The van der Waals surface area contributed by atoms with Crippen LogP contribution in [0.2, 0.25) is 0 Å². The van der Waals surface area contributed by atoms with Gasteiger partial charge in [0.05, 0.1) is 0 Å². The summed E-state index contributed by atoms with van der Waals surface area (Å²) in [6.07, 6.45) is 4.56. The smallest absolute Gasteiger partial charge is 0.231 e. The first-order chi connectivity index (χ1) is 12.3. The third-order valence-electron chi connectivity index (χ3n) is 4.25. The van der Waals surface area contributed by atoms with Crippen molar-refractivity contribution < 1.29 is 14.2 Å². The number of fused-ring (bicyclic) bond motifs is 1. The maximum atomic E-state index is 5.64. The van der Waals surface area contributed by atoms with E-state index in [2.05, 4.69) is 28.6 Å². The van der Waals surface area contributed by atoms with Crippen LogP contribution in [0.15, 0.2) is 23.2 Å². The van der Waals surface area contributed by atoms with E-state index >= 15 is 0 Å². The number of hydrogen-bond acceptors (Lipinski definition) is 4. The number of nitrogens with zero attached hydrogens (tertiary/aromatic N) is 1. The molecule has 138 valence electrons. The SMILES string of the molecule is CCNC(=NCCCOCC1CC1)NCCc1ccc2c(c1)OCO2. The minimum absolute atomic E-state index is 0.318. The molecule has 1 aromatic rings. The standard InChI is InChI=1S/C19H29N3O3/c1-2-20-19(21-9-3-11-23-13-16-4-5-16)22-10-8-15-6-7-17-18(12-15)25-14-24-17/h6-7,12,16H,2-5,8-11,13-14H2,1H3,(H2,20,21,22). The van der Waals surface area contributed by atoms with E-state index in [1.165, 1.54) is 18.4 Å². The largest absolute Gasteiger partial charge is 0.454 e. The summed E-state index contributed by atoms with van der Waals surface area (Å²) in [6.45, 7) is 6.59. The van der Waals surface area contributed by atoms with Crippen LogP contribution in [0.4, 0.5) is 0 Å². The van der Waals surface area contributed by atoms with Crippen molar-refractivity contribution >= 4 is 5.96 Å². The van der Waals surface area contributed by atoms with Gasteiger partial charge in [-0.05, 0) is 56.2 Å². The van der Waals surface area contributed by atoms with Crippen LogP contribution in [0.25, 0.3) is 0 Å². The van der Waals surface area contributed by atoms with Crippen LogP contribution in [0.1, 0.15) is 31.7 Å². The summed E-state index contributed by atoms with van der Waals surface area (Å²) in [6, 6.07) is 6.10. The molecule has 25 heavy (non-hydrogen) atoms. The number of ether oxygens (including phenoxy) is 3. The number of aliphatic imine (C=N–C) groups is 1. The van der Waals surface area contributed by atoms with Crippen molar-refractivity contribution in [3.8, 4) is 11.5 Å². The number of benzene rings is 1. The monoisotopic (exact) mass is 347 g/mol. The fourth-order valence-corrected chi connectivity index (χ4v) is 2.66. The number of hydrogen-bond donors (Lipinski definition) is 2. The molecule has 1 heterocycles. The second-order valence-electron chi connectivity index (χ2n) is 6.50. The lowest BCUT2D eigenvalue weighted by Crippen LogP contribution is -2.38. The molecule has 1 aliphatic heterocycles. The Morgan fingerprint density at radius 1 is 1.24 bits per heavy atom. The van der Waals surface area contributed by atoms with Crippen molar-refractivity contribution in [2.45, 2.75) is 32.6 Å². The van der Waals surface area contributed by atoms with Crippen LogP contribution in [0.5, 0.6) is 11.5 Å². The van der Waals surface area contributed by atoms with Gasteiger partial charge in [-0.15, -0.1) is 0 Å². The van der Waals surface area contributed by atoms with Crippen molar-refractivity contribution in [1.29, 1.82) is 0 Å². The molecule has 2 aliphatic rings. The highest BCUT2D eigenvalue weighted by atomic mass is 16.7. The Labute approximate surface area is 149 Å². The van der Waals surface area contributed by atoms with Crippen molar-refractivity contribution in [1.82, 2.24) is 10.6 Å². The van der Waals surface area contributed by atoms with E-state index in [1.54, 1.807) is 0 Å². The Hall–Kier alpha value is -1.95. The molecule has 0 saturated heterocycles. The highest BCUT2D eigenvalue weighted by Gasteiger charge is 2.20. The summed E-state index contributed by atoms with van der Waals surface area (Å²) in [5.41, 5.74) is 1.22. The zero-order valence-electron chi connectivity index (χ0n) is 15.1. The van der Waals surface area contributed by atoms with Crippen LogP contribution >= 0.6 is 0 Å². The second-order valence-corrected chi connectivity index (χ2v) is 6.50. The summed E-state index contributed by atoms with van der Waals surface area (Å²) in [7, 11) is 0. The maximum Gasteiger partial charge on any atom is 0.231 e. The molecule has 0 aromatic heterocycles. The van der Waals surface area contributed by atoms with Crippen LogP contribution in [-0.2, 0) is 11.2 Å². The molecule has 0 bridgehead atoms. The molecule has 0 unspecified atom stereocenters. The zero-order chi connectivity index (χ0) is 17.3. The lowest BCUT2D eigenvalue weighted by atomic mass is 10.1. The summed E-state index contributed by atoms with van der Waals surface area (Å²) < 4.78 is 16.4. The predicted octanol–water partition coefficient (Wildman–Crippen LogP) is 2.33. The normalized spacial score (nSPS) is 16.1. The van der Waals surface area contributed by atoms with Gasteiger partial charge >= 0.3 is 0 Å². The fraction of sp³-hybridized carbons (Fsp3) is 0.632. The summed E-state index contributed by atoms with van der Waals surface area (Å²) in [5, 5.41) is 6.67. The average Bonchev–Trinajstić information content (AvgIpc) is 3.33. The van der Waals surface area contributed by atoms with Gasteiger partial charge in [-0.25, -0.2) is 0 Å². The zero-order valence-corrected chi connectivity index (χ0v) is 15.1. The number of nitrogens with one attached hydrogen (secondary N) is 2. The second kappa shape index (κ2) is 9.51. The van der Waals surface area contributed by atoms with Crippen LogP contribution in [0.3, 0.4) is 0 Å². The highest BCUT2D eigenvalue weighted by Crippen LogP contribution is 2.32. The van der Waals surface area contributed by atoms with E-state index in [4.69, 9.17) is 14.2 Å². The average molecular weight is 347 g/mol. The summed E-state index contributed by atoms with van der Waals surface area (Å²) in [5.74, 6) is 3.36. The van der Waals surface area contributed by atoms with Gasteiger partial charge in [0, 0.05) is 32.8 Å². The molecule has 1 fully saturated rings. The van der Waals surface area contributed by atoms with Crippen molar-refractivity contribution in [3.63, 3.8) is 0 Å². The first-order valence-corrected chi connectivity index (χ1v) is 9.33. The Morgan fingerprint density at radius 3 is 2.96 bits per heavy atom. The molecular weight excluding hydrogens is 318 g/mol. The molecular formula is C19H29N3O3. The molecule has 0 atom stereocenters. The molecule has 6 heteroatoms. The molecule has 1 aromatic carbocycles. The van der Waals surface area contributed by atoms with Crippen molar-refractivity contribution in [3.05, 3.63) is 23.8 Å². The van der Waals surface area contributed by atoms with E-state index in [0.717, 1.165) is 69.1 Å². The lowest BCUT2D eigenvalue weighted by molar-refractivity contribution is 0.123.